The fraction of sp³-hybridized carbons (Fsp3) is 0.933. The Bertz CT molecular complexity index is 3410. The fourth-order valence-electron chi connectivity index (χ4n) is 21.4. The minimum Gasteiger partial charge on any atom is -0.432 e. The molecular formula is C75H119NO40. The highest BCUT2D eigenvalue weighted by Gasteiger charge is 2.73. The lowest BCUT2D eigenvalue weighted by Gasteiger charge is -2.71. The Morgan fingerprint density at radius 1 is 0.517 bits per heavy atom. The maximum atomic E-state index is 16.1. The summed E-state index contributed by atoms with van der Waals surface area (Å²) in [6.07, 6.45) is -53.1. The number of esters is 1. The maximum Gasteiger partial charge on any atom is 0.317 e. The zero-order valence-electron chi connectivity index (χ0n) is 65.5. The molecular weight excluding hydrogens is 1550 g/mol. The van der Waals surface area contributed by atoms with Crippen molar-refractivity contribution in [1.82, 2.24) is 5.32 Å². The minimum atomic E-state index is -2.18. The lowest BCUT2D eigenvalue weighted by atomic mass is 9.33. The SMILES string of the molecule is CC1O[C@@H](OC2C(O)[C@@H](NC(=O)CO[C@@H]3O[C@@H](CO)C(O)C3O)C(CO)O[C@H]2OC(=O)[C@]23CCC(C)(C)CC2C2=CCC4C5(C)CC[C@H](O[C@@H]6OC[C@@H](O)[C@H](O[C@@H]7OC[C@@H](O)[C@H](O)C7O)C6O[C@@H]6OC(CO)[C@H](O)[C@H](O)C6O)[C@](C)(C=O)[C@@H]5CC[C@]4(C)[C@]2(C)CC3O)C(O)C(O)[C@H]1O[C@@H]1OC[C@@H](O)C(O[C@@H]2OCC(O)(CO)[C@@H]2O)C1O. The van der Waals surface area contributed by atoms with E-state index in [1.165, 1.54) is 6.92 Å². The summed E-state index contributed by atoms with van der Waals surface area (Å²) in [6.45, 7) is 7.01. The Morgan fingerprint density at radius 3 is 1.73 bits per heavy atom. The van der Waals surface area contributed by atoms with E-state index in [0.29, 0.717) is 38.5 Å². The van der Waals surface area contributed by atoms with Crippen molar-refractivity contribution in [3.8, 4) is 0 Å². The lowest BCUT2D eigenvalue weighted by Crippen LogP contribution is -2.70. The molecule has 0 aromatic rings. The quantitative estimate of drug-likeness (QED) is 0.0195. The van der Waals surface area contributed by atoms with E-state index in [4.69, 9.17) is 75.8 Å². The minimum absolute atomic E-state index is 0.0148. The number of aliphatic hydroxyl groups excluding tert-OH is 20. The van der Waals surface area contributed by atoms with Gasteiger partial charge in [-0.1, -0.05) is 53.2 Å². The van der Waals surface area contributed by atoms with Gasteiger partial charge in [0.2, 0.25) is 12.2 Å². The monoisotopic (exact) mass is 1670 g/mol. The number of fused-ring (bicyclic) bond motifs is 7. The third kappa shape index (κ3) is 15.9. The molecule has 0 spiro atoms. The molecule has 8 aliphatic heterocycles. The van der Waals surface area contributed by atoms with Crippen molar-refractivity contribution < 1.29 is 197 Å². The molecule has 0 aromatic carbocycles. The van der Waals surface area contributed by atoms with Crippen molar-refractivity contribution in [3.05, 3.63) is 11.6 Å². The van der Waals surface area contributed by atoms with E-state index in [9.17, 15) is 117 Å². The highest BCUT2D eigenvalue weighted by atomic mass is 16.8. The third-order valence-electron chi connectivity index (χ3n) is 28.5. The number of carbonyl (C=O) groups excluding carboxylic acids is 3. The maximum absolute atomic E-state index is 16.1. The number of hydrogen-bond donors (Lipinski definition) is 22. The van der Waals surface area contributed by atoms with Crippen LogP contribution in [0.1, 0.15) is 106 Å². The van der Waals surface area contributed by atoms with Crippen LogP contribution in [0.25, 0.3) is 0 Å². The highest BCUT2D eigenvalue weighted by Crippen LogP contribution is 2.76. The van der Waals surface area contributed by atoms with E-state index in [2.05, 4.69) is 32.2 Å². The van der Waals surface area contributed by atoms with E-state index >= 15 is 4.79 Å². The number of allylic oxidation sites excluding steroid dienone is 2. The van der Waals surface area contributed by atoms with Crippen LogP contribution < -0.4 is 5.32 Å². The Morgan fingerprint density at radius 2 is 1.08 bits per heavy atom. The van der Waals surface area contributed by atoms with Crippen LogP contribution >= 0.6 is 0 Å². The Labute approximate surface area is 667 Å². The summed E-state index contributed by atoms with van der Waals surface area (Å²) in [5, 5.41) is 234. The van der Waals surface area contributed by atoms with Crippen LogP contribution in [0.15, 0.2) is 11.6 Å². The van der Waals surface area contributed by atoms with Crippen molar-refractivity contribution in [3.63, 3.8) is 0 Å². The van der Waals surface area contributed by atoms with Crippen LogP contribution in [-0.2, 0) is 90.2 Å². The predicted octanol–water partition coefficient (Wildman–Crippen LogP) is -9.25. The van der Waals surface area contributed by atoms with Crippen LogP contribution in [0.4, 0.5) is 0 Å². The molecule has 22 N–H and O–H groups in total. The van der Waals surface area contributed by atoms with Gasteiger partial charge in [-0.2, -0.15) is 0 Å². The van der Waals surface area contributed by atoms with Gasteiger partial charge in [-0.05, 0) is 104 Å². The van der Waals surface area contributed by atoms with Gasteiger partial charge < -0.3 is 193 Å². The van der Waals surface area contributed by atoms with Crippen molar-refractivity contribution in [2.45, 2.75) is 327 Å². The van der Waals surface area contributed by atoms with Crippen LogP contribution in [-0.4, -0.2) is 406 Å². The molecule has 8 heterocycles. The average Bonchev–Trinajstić information content (AvgIpc) is 0.746. The predicted molar refractivity (Wildman–Crippen MR) is 377 cm³/mol. The van der Waals surface area contributed by atoms with Crippen LogP contribution in [0.5, 0.6) is 0 Å². The highest BCUT2D eigenvalue weighted by molar-refractivity contribution is 5.80. The standard InChI is InChI=1S/C75H119NO40/c1-28-54(111-62-53(97)55(32(83)22-102-62)112-67-59(98)74(100,26-81)27-105-67)48(92)52(96)63(106-28)114-57-46(90)42(76-41(86)24-104-60-50(94)45(89)36(20-79)108-60)34(18-77)107-66(57)116-68(99)75-15-14-69(2,3)16-30(75)29-8-9-38-70(4)12-11-40(71(5,25-80)37(70)10-13-72(38,6)73(29,7)17-39(75)85)110-65-58(115-64-51(95)47(91)44(88)35(19-78)109-64)56(33(84)23-103-65)113-61-49(93)43(87)31(82)21-101-61/h8,25,28,30-40,42-67,77-79,81-85,87-98,100H,9-24,26-27H2,1-7H3,(H,76,86)/t28?,30?,31-,32-,33-,34?,35?,36+,37-,38?,39?,40+,42+,43+,44+,45?,46?,47+,48?,49?,50?,51?,52?,53?,54+,55?,56+,57?,58?,59-,60-,61+,62+,63+,64+,65+,66+,67+,70?,71-,72+,73-,74?,75-/m1/s1. The second-order valence-electron chi connectivity index (χ2n) is 35.9. The Balaban J connectivity index is 0.756. The molecule has 41 nitrogen and oxygen atoms in total. The zero-order valence-corrected chi connectivity index (χ0v) is 65.5. The van der Waals surface area contributed by atoms with Crippen molar-refractivity contribution in [2.24, 2.45) is 50.2 Å². The van der Waals surface area contributed by atoms with Crippen LogP contribution in [0.3, 0.4) is 0 Å². The molecule has 4 saturated carbocycles. The van der Waals surface area contributed by atoms with E-state index in [1.807, 2.05) is 13.8 Å². The first-order valence-corrected chi connectivity index (χ1v) is 40.0. The molecule has 5 aliphatic carbocycles. The molecule has 41 heteroatoms. The number of carbonyl (C=O) groups is 3. The smallest absolute Gasteiger partial charge is 0.317 e. The van der Waals surface area contributed by atoms with Gasteiger partial charge in [-0.15, -0.1) is 0 Å². The molecule has 13 aliphatic rings. The molecule has 0 aromatic heterocycles. The van der Waals surface area contributed by atoms with Crippen LogP contribution in [0.2, 0.25) is 0 Å². The summed E-state index contributed by atoms with van der Waals surface area (Å²) < 4.78 is 95.4. The van der Waals surface area contributed by atoms with Gasteiger partial charge in [0, 0.05) is 0 Å². The molecule has 13 rings (SSSR count). The van der Waals surface area contributed by atoms with Crippen molar-refractivity contribution in [2.75, 3.05) is 59.5 Å². The van der Waals surface area contributed by atoms with Gasteiger partial charge in [0.15, 0.2) is 50.1 Å². The second kappa shape index (κ2) is 34.8. The molecule has 12 fully saturated rings. The number of amides is 1. The molecule has 116 heavy (non-hydrogen) atoms. The molecule has 19 unspecified atom stereocenters. The molecule has 44 atom stereocenters. The first-order valence-electron chi connectivity index (χ1n) is 40.0. The van der Waals surface area contributed by atoms with E-state index in [-0.39, 0.29) is 25.2 Å². The first-order chi connectivity index (χ1) is 54.6. The zero-order chi connectivity index (χ0) is 84.3. The molecule has 664 valence electrons. The summed E-state index contributed by atoms with van der Waals surface area (Å²) >= 11 is 0. The van der Waals surface area contributed by atoms with Gasteiger partial charge in [0.05, 0.1) is 82.6 Å². The Hall–Kier alpha value is -3.09. The normalized spacial score (nSPS) is 53.5. The van der Waals surface area contributed by atoms with Gasteiger partial charge in [-0.25, -0.2) is 0 Å². The van der Waals surface area contributed by atoms with Gasteiger partial charge >= 0.3 is 5.97 Å². The number of rotatable bonds is 23. The van der Waals surface area contributed by atoms with Crippen molar-refractivity contribution >= 4 is 18.2 Å². The number of aliphatic hydroxyl groups is 21. The number of nitrogens with one attached hydrogen (secondary N) is 1. The molecule has 0 radical (unpaired) electrons. The fourth-order valence-corrected chi connectivity index (χ4v) is 21.4. The number of aldehydes is 1. The summed E-state index contributed by atoms with van der Waals surface area (Å²) in [5.41, 5.74) is -7.12. The summed E-state index contributed by atoms with van der Waals surface area (Å²) in [4.78, 5) is 44.2. The summed E-state index contributed by atoms with van der Waals surface area (Å²) in [5.74, 6) is -3.49. The lowest BCUT2D eigenvalue weighted by molar-refractivity contribution is -0.384. The van der Waals surface area contributed by atoms with E-state index in [1.54, 1.807) is 6.92 Å². The van der Waals surface area contributed by atoms with Gasteiger partial charge in [0.25, 0.3) is 0 Å². The summed E-state index contributed by atoms with van der Waals surface area (Å²) in [6, 6.07) is -1.72. The second-order valence-corrected chi connectivity index (χ2v) is 35.9. The van der Waals surface area contributed by atoms with Crippen molar-refractivity contribution in [1.29, 1.82) is 0 Å². The first kappa shape index (κ1) is 90.6. The largest absolute Gasteiger partial charge is 0.432 e. The topological polar surface area (TPSA) is 636 Å². The average molecular weight is 1670 g/mol. The molecule has 8 saturated heterocycles. The Kier molecular flexibility index (Phi) is 27.2. The van der Waals surface area contributed by atoms with Gasteiger partial charge in [-0.3, -0.25) is 9.59 Å². The number of ether oxygens (including phenoxy) is 16. The van der Waals surface area contributed by atoms with Gasteiger partial charge in [0.1, 0.15) is 158 Å². The number of hydrogen-bond acceptors (Lipinski definition) is 40. The van der Waals surface area contributed by atoms with Crippen LogP contribution in [0, 0.1) is 50.2 Å². The van der Waals surface area contributed by atoms with E-state index in [0.717, 1.165) is 11.9 Å². The molecule has 1 amide bonds. The summed E-state index contributed by atoms with van der Waals surface area (Å²) in [7, 11) is 0. The third-order valence-corrected chi connectivity index (χ3v) is 28.5. The molecule has 0 bridgehead atoms. The van der Waals surface area contributed by atoms with E-state index < -0.39 is 336 Å².